The van der Waals surface area contributed by atoms with E-state index in [-0.39, 0.29) is 6.10 Å². The summed E-state index contributed by atoms with van der Waals surface area (Å²) in [6.07, 6.45) is 6.03. The lowest BCUT2D eigenvalue weighted by Crippen LogP contribution is -2.54. The minimum atomic E-state index is -0.0773. The Bertz CT molecular complexity index is 226. The first-order valence-corrected chi connectivity index (χ1v) is 7.31. The van der Waals surface area contributed by atoms with Gasteiger partial charge in [-0.05, 0) is 32.2 Å². The van der Waals surface area contributed by atoms with E-state index in [0.29, 0.717) is 6.04 Å². The van der Waals surface area contributed by atoms with Crippen molar-refractivity contribution in [3.8, 4) is 0 Å². The van der Waals surface area contributed by atoms with Crippen LogP contribution >= 0.6 is 0 Å². The highest BCUT2D eigenvalue weighted by Crippen LogP contribution is 2.31. The summed E-state index contributed by atoms with van der Waals surface area (Å²) < 4.78 is 0. The number of hydrogen-bond donors (Lipinski definition) is 1. The standard InChI is InChI=1S/C14H28N2O/c1-3-4-12-5-6-14(17)13(11-12)16-9-7-15(2)8-10-16/h12-14,17H,3-11H2,1-2H3. The molecule has 1 aliphatic heterocycles. The van der Waals surface area contributed by atoms with Crippen LogP contribution in [0.4, 0.5) is 0 Å². The molecule has 3 unspecified atom stereocenters. The quantitative estimate of drug-likeness (QED) is 0.811. The largest absolute Gasteiger partial charge is 0.391 e. The Morgan fingerprint density at radius 1 is 1.12 bits per heavy atom. The van der Waals surface area contributed by atoms with Crippen molar-refractivity contribution in [2.75, 3.05) is 33.2 Å². The summed E-state index contributed by atoms with van der Waals surface area (Å²) in [5, 5.41) is 10.2. The maximum atomic E-state index is 10.2. The van der Waals surface area contributed by atoms with Gasteiger partial charge in [0, 0.05) is 32.2 Å². The van der Waals surface area contributed by atoms with Crippen molar-refractivity contribution in [1.29, 1.82) is 0 Å². The average molecular weight is 240 g/mol. The van der Waals surface area contributed by atoms with Crippen LogP contribution in [0.3, 0.4) is 0 Å². The molecule has 0 aromatic heterocycles. The lowest BCUT2D eigenvalue weighted by atomic mass is 9.80. The maximum Gasteiger partial charge on any atom is 0.0695 e. The molecular weight excluding hydrogens is 212 g/mol. The number of rotatable bonds is 3. The molecule has 2 rings (SSSR count). The van der Waals surface area contributed by atoms with E-state index in [9.17, 15) is 5.11 Å². The molecule has 0 radical (unpaired) electrons. The zero-order chi connectivity index (χ0) is 12.3. The fourth-order valence-corrected chi connectivity index (χ4v) is 3.43. The Hall–Kier alpha value is -0.120. The predicted molar refractivity (Wildman–Crippen MR) is 71.1 cm³/mol. The zero-order valence-corrected chi connectivity index (χ0v) is 11.4. The van der Waals surface area contributed by atoms with Crippen LogP contribution in [-0.4, -0.2) is 60.3 Å². The summed E-state index contributed by atoms with van der Waals surface area (Å²) in [6.45, 7) is 6.85. The third-order valence-corrected chi connectivity index (χ3v) is 4.59. The zero-order valence-electron chi connectivity index (χ0n) is 11.4. The van der Waals surface area contributed by atoms with Crippen LogP contribution < -0.4 is 0 Å². The Morgan fingerprint density at radius 3 is 2.47 bits per heavy atom. The molecule has 3 nitrogen and oxygen atoms in total. The van der Waals surface area contributed by atoms with Gasteiger partial charge in [-0.15, -0.1) is 0 Å². The second kappa shape index (κ2) is 6.17. The molecule has 1 aliphatic carbocycles. The SMILES string of the molecule is CCCC1CCC(O)C(N2CCN(C)CC2)C1. The molecule has 2 aliphatic rings. The Kier molecular flexibility index (Phi) is 4.83. The van der Waals surface area contributed by atoms with Gasteiger partial charge in [0.05, 0.1) is 6.10 Å². The molecule has 0 amide bonds. The number of likely N-dealkylation sites (N-methyl/N-ethyl adjacent to an activating group) is 1. The van der Waals surface area contributed by atoms with Crippen molar-refractivity contribution >= 4 is 0 Å². The fraction of sp³-hybridized carbons (Fsp3) is 1.00. The minimum absolute atomic E-state index is 0.0773. The van der Waals surface area contributed by atoms with Crippen molar-refractivity contribution in [2.24, 2.45) is 5.92 Å². The highest BCUT2D eigenvalue weighted by molar-refractivity contribution is 4.88. The van der Waals surface area contributed by atoms with Crippen LogP contribution in [-0.2, 0) is 0 Å². The van der Waals surface area contributed by atoms with E-state index in [4.69, 9.17) is 0 Å². The van der Waals surface area contributed by atoms with Crippen LogP contribution in [0.5, 0.6) is 0 Å². The molecule has 0 aromatic carbocycles. The first kappa shape index (κ1) is 13.3. The van der Waals surface area contributed by atoms with Crippen LogP contribution in [0.15, 0.2) is 0 Å². The highest BCUT2D eigenvalue weighted by atomic mass is 16.3. The van der Waals surface area contributed by atoms with E-state index in [1.165, 1.54) is 25.7 Å². The average Bonchev–Trinajstić information content (AvgIpc) is 2.33. The molecule has 17 heavy (non-hydrogen) atoms. The van der Waals surface area contributed by atoms with Gasteiger partial charge in [0.15, 0.2) is 0 Å². The van der Waals surface area contributed by atoms with E-state index < -0.39 is 0 Å². The van der Waals surface area contributed by atoms with E-state index in [1.807, 2.05) is 0 Å². The van der Waals surface area contributed by atoms with Gasteiger partial charge in [-0.3, -0.25) is 4.90 Å². The Morgan fingerprint density at radius 2 is 1.82 bits per heavy atom. The molecular formula is C14H28N2O. The number of aliphatic hydroxyl groups is 1. The highest BCUT2D eigenvalue weighted by Gasteiger charge is 2.33. The topological polar surface area (TPSA) is 26.7 Å². The molecule has 0 spiro atoms. The normalized spacial score (nSPS) is 37.2. The van der Waals surface area contributed by atoms with Gasteiger partial charge in [0.1, 0.15) is 0 Å². The third kappa shape index (κ3) is 3.43. The van der Waals surface area contributed by atoms with Crippen molar-refractivity contribution in [3.63, 3.8) is 0 Å². The van der Waals surface area contributed by atoms with Gasteiger partial charge in [0.25, 0.3) is 0 Å². The third-order valence-electron chi connectivity index (χ3n) is 4.59. The van der Waals surface area contributed by atoms with Gasteiger partial charge in [-0.2, -0.15) is 0 Å². The van der Waals surface area contributed by atoms with E-state index in [2.05, 4.69) is 23.8 Å². The molecule has 3 atom stereocenters. The summed E-state index contributed by atoms with van der Waals surface area (Å²) in [7, 11) is 2.19. The first-order valence-electron chi connectivity index (χ1n) is 7.31. The second-order valence-corrected chi connectivity index (χ2v) is 5.94. The summed E-state index contributed by atoms with van der Waals surface area (Å²) in [6, 6.07) is 0.439. The van der Waals surface area contributed by atoms with Crippen molar-refractivity contribution in [3.05, 3.63) is 0 Å². The molecule has 1 saturated heterocycles. The Balaban J connectivity index is 1.88. The van der Waals surface area contributed by atoms with Crippen LogP contribution in [0, 0.1) is 5.92 Å². The van der Waals surface area contributed by atoms with Crippen molar-refractivity contribution in [2.45, 2.75) is 51.2 Å². The van der Waals surface area contributed by atoms with Crippen molar-refractivity contribution in [1.82, 2.24) is 9.80 Å². The van der Waals surface area contributed by atoms with Gasteiger partial charge < -0.3 is 10.0 Å². The number of aliphatic hydroxyl groups excluding tert-OH is 1. The molecule has 1 N–H and O–H groups in total. The van der Waals surface area contributed by atoms with Crippen LogP contribution in [0.2, 0.25) is 0 Å². The summed E-state index contributed by atoms with van der Waals surface area (Å²) in [5.41, 5.74) is 0. The molecule has 0 bridgehead atoms. The lowest BCUT2D eigenvalue weighted by Gasteiger charge is -2.44. The molecule has 1 heterocycles. The van der Waals surface area contributed by atoms with Gasteiger partial charge in [0.2, 0.25) is 0 Å². The van der Waals surface area contributed by atoms with E-state index in [1.54, 1.807) is 0 Å². The first-order chi connectivity index (χ1) is 8.20. The Labute approximate surface area is 106 Å². The maximum absolute atomic E-state index is 10.2. The van der Waals surface area contributed by atoms with E-state index in [0.717, 1.165) is 38.5 Å². The number of hydrogen-bond acceptors (Lipinski definition) is 3. The van der Waals surface area contributed by atoms with E-state index >= 15 is 0 Å². The number of piperazine rings is 1. The van der Waals surface area contributed by atoms with Gasteiger partial charge in [-0.1, -0.05) is 19.8 Å². The molecule has 0 aromatic rings. The summed E-state index contributed by atoms with van der Waals surface area (Å²) in [4.78, 5) is 4.92. The summed E-state index contributed by atoms with van der Waals surface area (Å²) >= 11 is 0. The van der Waals surface area contributed by atoms with Gasteiger partial charge >= 0.3 is 0 Å². The van der Waals surface area contributed by atoms with Crippen molar-refractivity contribution < 1.29 is 5.11 Å². The van der Waals surface area contributed by atoms with Gasteiger partial charge in [-0.25, -0.2) is 0 Å². The van der Waals surface area contributed by atoms with Crippen LogP contribution in [0.1, 0.15) is 39.0 Å². The molecule has 100 valence electrons. The minimum Gasteiger partial charge on any atom is -0.391 e. The molecule has 3 heteroatoms. The second-order valence-electron chi connectivity index (χ2n) is 5.94. The molecule has 1 saturated carbocycles. The lowest BCUT2D eigenvalue weighted by molar-refractivity contribution is -0.0152. The summed E-state index contributed by atoms with van der Waals surface area (Å²) in [5.74, 6) is 0.855. The predicted octanol–water partition coefficient (Wildman–Crippen LogP) is 1.56. The number of nitrogens with zero attached hydrogens (tertiary/aromatic N) is 2. The molecule has 2 fully saturated rings. The fourth-order valence-electron chi connectivity index (χ4n) is 3.43. The monoisotopic (exact) mass is 240 g/mol. The van der Waals surface area contributed by atoms with Crippen LogP contribution in [0.25, 0.3) is 0 Å². The smallest absolute Gasteiger partial charge is 0.0695 e.